The number of nitrogens with zero attached hydrogens (tertiary/aromatic N) is 2. The van der Waals surface area contributed by atoms with E-state index in [1.54, 1.807) is 19.5 Å². The number of rotatable bonds is 4. The Morgan fingerprint density at radius 2 is 2.11 bits per heavy atom. The molecular weight excluding hydrogens is 226 g/mol. The van der Waals surface area contributed by atoms with Crippen molar-refractivity contribution in [2.45, 2.75) is 31.7 Å². The zero-order valence-electron chi connectivity index (χ0n) is 11.1. The van der Waals surface area contributed by atoms with Gasteiger partial charge in [-0.05, 0) is 44.1 Å². The Morgan fingerprint density at radius 1 is 1.28 bits per heavy atom. The van der Waals surface area contributed by atoms with Crippen molar-refractivity contribution < 1.29 is 4.74 Å². The van der Waals surface area contributed by atoms with Gasteiger partial charge in [-0.1, -0.05) is 6.42 Å². The molecule has 2 aliphatic carbocycles. The van der Waals surface area contributed by atoms with Gasteiger partial charge in [-0.2, -0.15) is 0 Å². The van der Waals surface area contributed by atoms with Crippen molar-refractivity contribution in [2.75, 3.05) is 14.2 Å². The predicted octanol–water partition coefficient (Wildman–Crippen LogP) is 2.18. The summed E-state index contributed by atoms with van der Waals surface area (Å²) in [6.07, 6.45) is 9.00. The van der Waals surface area contributed by atoms with Gasteiger partial charge in [-0.25, -0.2) is 4.98 Å². The first kappa shape index (κ1) is 11.9. The minimum absolute atomic E-state index is 0.281. The highest BCUT2D eigenvalue weighted by Crippen LogP contribution is 2.52. The fraction of sp³-hybridized carbons (Fsp3) is 0.714. The molecule has 4 heteroatoms. The van der Waals surface area contributed by atoms with Crippen molar-refractivity contribution in [3.8, 4) is 5.88 Å². The number of hydrogen-bond acceptors (Lipinski definition) is 4. The molecule has 0 radical (unpaired) electrons. The van der Waals surface area contributed by atoms with Gasteiger partial charge >= 0.3 is 0 Å². The van der Waals surface area contributed by atoms with Crippen LogP contribution in [0.4, 0.5) is 0 Å². The highest BCUT2D eigenvalue weighted by atomic mass is 16.5. The Balaban J connectivity index is 1.88. The van der Waals surface area contributed by atoms with Crippen molar-refractivity contribution in [1.29, 1.82) is 0 Å². The van der Waals surface area contributed by atoms with E-state index in [4.69, 9.17) is 4.74 Å². The SMILES string of the molecule is CNC(c1nccnc1OC)C1CC2CCC1C2. The first-order valence-electron chi connectivity index (χ1n) is 6.85. The van der Waals surface area contributed by atoms with Crippen LogP contribution < -0.4 is 10.1 Å². The summed E-state index contributed by atoms with van der Waals surface area (Å²) in [5, 5.41) is 3.44. The maximum atomic E-state index is 5.35. The summed E-state index contributed by atoms with van der Waals surface area (Å²) < 4.78 is 5.35. The lowest BCUT2D eigenvalue weighted by atomic mass is 9.82. The maximum absolute atomic E-state index is 5.35. The molecule has 1 aromatic heterocycles. The van der Waals surface area contributed by atoms with Crippen LogP contribution in [-0.4, -0.2) is 24.1 Å². The quantitative estimate of drug-likeness (QED) is 0.886. The summed E-state index contributed by atoms with van der Waals surface area (Å²) in [5.41, 5.74) is 0.972. The lowest BCUT2D eigenvalue weighted by molar-refractivity contribution is 0.248. The number of aromatic nitrogens is 2. The molecule has 3 rings (SSSR count). The Kier molecular flexibility index (Phi) is 3.20. The molecule has 0 aliphatic heterocycles. The normalized spacial score (nSPS) is 31.6. The molecule has 1 heterocycles. The maximum Gasteiger partial charge on any atom is 0.237 e. The predicted molar refractivity (Wildman–Crippen MR) is 69.3 cm³/mol. The van der Waals surface area contributed by atoms with Crippen LogP contribution in [0.3, 0.4) is 0 Å². The molecular formula is C14H21N3O. The van der Waals surface area contributed by atoms with E-state index in [2.05, 4.69) is 15.3 Å². The van der Waals surface area contributed by atoms with Gasteiger partial charge in [-0.3, -0.25) is 4.98 Å². The van der Waals surface area contributed by atoms with E-state index < -0.39 is 0 Å². The monoisotopic (exact) mass is 247 g/mol. The van der Waals surface area contributed by atoms with Gasteiger partial charge in [0.05, 0.1) is 13.2 Å². The second-order valence-corrected chi connectivity index (χ2v) is 5.56. The summed E-state index contributed by atoms with van der Waals surface area (Å²) >= 11 is 0. The van der Waals surface area contributed by atoms with E-state index in [0.717, 1.165) is 17.5 Å². The fourth-order valence-corrected chi connectivity index (χ4v) is 3.96. The number of nitrogens with one attached hydrogen (secondary N) is 1. The largest absolute Gasteiger partial charge is 0.480 e. The van der Waals surface area contributed by atoms with Gasteiger partial charge in [0.15, 0.2) is 0 Å². The van der Waals surface area contributed by atoms with Crippen LogP contribution >= 0.6 is 0 Å². The molecule has 4 nitrogen and oxygen atoms in total. The molecule has 0 saturated heterocycles. The molecule has 1 N–H and O–H groups in total. The van der Waals surface area contributed by atoms with Crippen LogP contribution in [0.15, 0.2) is 12.4 Å². The third-order valence-electron chi connectivity index (χ3n) is 4.71. The molecule has 98 valence electrons. The smallest absolute Gasteiger partial charge is 0.237 e. The van der Waals surface area contributed by atoms with Gasteiger partial charge in [0, 0.05) is 12.4 Å². The number of hydrogen-bond donors (Lipinski definition) is 1. The van der Waals surface area contributed by atoms with E-state index in [-0.39, 0.29) is 6.04 Å². The zero-order valence-corrected chi connectivity index (χ0v) is 11.1. The summed E-state index contributed by atoms with van der Waals surface area (Å²) in [6, 6.07) is 0.281. The van der Waals surface area contributed by atoms with Crippen molar-refractivity contribution >= 4 is 0 Å². The molecule has 2 saturated carbocycles. The average molecular weight is 247 g/mol. The standard InChI is InChI=1S/C14H21N3O/c1-15-12(11-8-9-3-4-10(11)7-9)13-14(18-2)17-6-5-16-13/h5-6,9-12,15H,3-4,7-8H2,1-2H3. The van der Waals surface area contributed by atoms with Crippen molar-refractivity contribution in [3.05, 3.63) is 18.1 Å². The molecule has 2 aliphatic rings. The van der Waals surface area contributed by atoms with Crippen LogP contribution in [0.25, 0.3) is 0 Å². The van der Waals surface area contributed by atoms with Crippen molar-refractivity contribution in [3.63, 3.8) is 0 Å². The number of methoxy groups -OCH3 is 1. The minimum Gasteiger partial charge on any atom is -0.480 e. The van der Waals surface area contributed by atoms with Crippen LogP contribution in [0, 0.1) is 17.8 Å². The highest BCUT2D eigenvalue weighted by Gasteiger charge is 2.44. The molecule has 0 spiro atoms. The zero-order chi connectivity index (χ0) is 12.5. The lowest BCUT2D eigenvalue weighted by Gasteiger charge is -2.30. The van der Waals surface area contributed by atoms with E-state index in [0.29, 0.717) is 11.8 Å². The average Bonchev–Trinajstić information content (AvgIpc) is 3.03. The molecule has 0 aromatic carbocycles. The molecule has 1 aromatic rings. The van der Waals surface area contributed by atoms with Gasteiger partial charge < -0.3 is 10.1 Å². The summed E-state index contributed by atoms with van der Waals surface area (Å²) in [4.78, 5) is 8.77. The van der Waals surface area contributed by atoms with Crippen LogP contribution in [-0.2, 0) is 0 Å². The molecule has 2 fully saturated rings. The molecule has 4 unspecified atom stereocenters. The van der Waals surface area contributed by atoms with Gasteiger partial charge in [0.1, 0.15) is 5.69 Å². The van der Waals surface area contributed by atoms with E-state index >= 15 is 0 Å². The number of ether oxygens (including phenoxy) is 1. The van der Waals surface area contributed by atoms with E-state index in [1.165, 1.54) is 25.7 Å². The highest BCUT2D eigenvalue weighted by molar-refractivity contribution is 5.23. The fourth-order valence-electron chi connectivity index (χ4n) is 3.96. The second-order valence-electron chi connectivity index (χ2n) is 5.56. The van der Waals surface area contributed by atoms with E-state index in [9.17, 15) is 0 Å². The van der Waals surface area contributed by atoms with Gasteiger partial charge in [0.2, 0.25) is 5.88 Å². The third-order valence-corrected chi connectivity index (χ3v) is 4.71. The molecule has 4 atom stereocenters. The third kappa shape index (κ3) is 1.88. The van der Waals surface area contributed by atoms with Crippen LogP contribution in [0.1, 0.15) is 37.4 Å². The summed E-state index contributed by atoms with van der Waals surface area (Å²) in [7, 11) is 3.69. The minimum atomic E-state index is 0.281. The Morgan fingerprint density at radius 3 is 2.72 bits per heavy atom. The Bertz CT molecular complexity index is 423. The lowest BCUT2D eigenvalue weighted by Crippen LogP contribution is -2.30. The van der Waals surface area contributed by atoms with Crippen molar-refractivity contribution in [1.82, 2.24) is 15.3 Å². The van der Waals surface area contributed by atoms with Crippen LogP contribution in [0.2, 0.25) is 0 Å². The Labute approximate surface area is 108 Å². The second kappa shape index (κ2) is 4.84. The summed E-state index contributed by atoms with van der Waals surface area (Å²) in [6.45, 7) is 0. The summed E-state index contributed by atoms with van der Waals surface area (Å²) in [5.74, 6) is 3.16. The Hall–Kier alpha value is -1.16. The first-order valence-corrected chi connectivity index (χ1v) is 6.85. The van der Waals surface area contributed by atoms with Crippen molar-refractivity contribution in [2.24, 2.45) is 17.8 Å². The molecule has 18 heavy (non-hydrogen) atoms. The number of fused-ring (bicyclic) bond motifs is 2. The van der Waals surface area contributed by atoms with Gasteiger partial charge in [-0.15, -0.1) is 0 Å². The molecule has 0 amide bonds. The molecule has 2 bridgehead atoms. The first-order chi connectivity index (χ1) is 8.83. The van der Waals surface area contributed by atoms with E-state index in [1.807, 2.05) is 7.05 Å². The van der Waals surface area contributed by atoms with Gasteiger partial charge in [0.25, 0.3) is 0 Å². The van der Waals surface area contributed by atoms with Crippen LogP contribution in [0.5, 0.6) is 5.88 Å². The topological polar surface area (TPSA) is 47.0 Å².